The molecule has 0 aliphatic heterocycles. The lowest BCUT2D eigenvalue weighted by Crippen LogP contribution is -2.58. The van der Waals surface area contributed by atoms with E-state index in [0.717, 1.165) is 48.8 Å². The Morgan fingerprint density at radius 1 is 1.14 bits per heavy atom. The fourth-order valence-electron chi connectivity index (χ4n) is 4.68. The maximum atomic E-state index is 14.3. The topological polar surface area (TPSA) is 87.7 Å². The van der Waals surface area contributed by atoms with E-state index in [9.17, 15) is 14.4 Å². The maximum absolute atomic E-state index is 14.3. The molecule has 2 rings (SSSR count). The molecule has 2 N–H and O–H groups in total. The van der Waals surface area contributed by atoms with Gasteiger partial charge in [-0.3, -0.25) is 9.59 Å². The van der Waals surface area contributed by atoms with Crippen LogP contribution in [-0.4, -0.2) is 58.5 Å². The molecular formula is C29H47N3O4S. The summed E-state index contributed by atoms with van der Waals surface area (Å²) in [7, 11) is 0. The second-order valence-electron chi connectivity index (χ2n) is 11.3. The summed E-state index contributed by atoms with van der Waals surface area (Å²) in [5, 5.41) is 5.99. The molecule has 1 aromatic rings. The van der Waals surface area contributed by atoms with Crippen LogP contribution in [0.3, 0.4) is 0 Å². The SMILES string of the molecule is CCCC(C)NC(=O)C(c1ccc(C)cc1C)N(C(=O)C(CCSC)NC(=O)OC(C)(C)C)C1CCC1. The number of benzene rings is 1. The summed E-state index contributed by atoms with van der Waals surface area (Å²) < 4.78 is 5.48. The summed E-state index contributed by atoms with van der Waals surface area (Å²) >= 11 is 1.61. The van der Waals surface area contributed by atoms with Crippen molar-refractivity contribution in [1.82, 2.24) is 15.5 Å². The van der Waals surface area contributed by atoms with Gasteiger partial charge in [0.25, 0.3) is 0 Å². The van der Waals surface area contributed by atoms with Crippen molar-refractivity contribution in [3.63, 3.8) is 0 Å². The predicted octanol–water partition coefficient (Wildman–Crippen LogP) is 5.68. The zero-order chi connectivity index (χ0) is 27.8. The van der Waals surface area contributed by atoms with E-state index in [-0.39, 0.29) is 23.9 Å². The molecule has 1 aromatic carbocycles. The van der Waals surface area contributed by atoms with Gasteiger partial charge >= 0.3 is 6.09 Å². The summed E-state index contributed by atoms with van der Waals surface area (Å²) in [5.41, 5.74) is 2.22. The van der Waals surface area contributed by atoms with Crippen molar-refractivity contribution < 1.29 is 19.1 Å². The van der Waals surface area contributed by atoms with Gasteiger partial charge in [-0.25, -0.2) is 4.79 Å². The highest BCUT2D eigenvalue weighted by molar-refractivity contribution is 7.98. The van der Waals surface area contributed by atoms with Crippen LogP contribution < -0.4 is 10.6 Å². The Balaban J connectivity index is 2.51. The Morgan fingerprint density at radius 2 is 1.81 bits per heavy atom. The van der Waals surface area contributed by atoms with E-state index >= 15 is 0 Å². The molecule has 0 spiro atoms. The summed E-state index contributed by atoms with van der Waals surface area (Å²) in [5.74, 6) is 0.292. The van der Waals surface area contributed by atoms with Crippen LogP contribution in [0.5, 0.6) is 0 Å². The fourth-order valence-corrected chi connectivity index (χ4v) is 5.15. The van der Waals surface area contributed by atoms with Gasteiger partial charge in [-0.1, -0.05) is 37.1 Å². The number of ether oxygens (including phenoxy) is 1. The first-order valence-electron chi connectivity index (χ1n) is 13.6. The molecule has 3 amide bonds. The van der Waals surface area contributed by atoms with Gasteiger partial charge in [0.2, 0.25) is 11.8 Å². The number of hydrogen-bond donors (Lipinski definition) is 2. The fraction of sp³-hybridized carbons (Fsp3) is 0.690. The molecule has 0 bridgehead atoms. The normalized spacial score (nSPS) is 16.2. The third-order valence-corrected chi connectivity index (χ3v) is 7.32. The number of aryl methyl sites for hydroxylation is 2. The highest BCUT2D eigenvalue weighted by Gasteiger charge is 2.42. The van der Waals surface area contributed by atoms with Crippen molar-refractivity contribution >= 4 is 29.7 Å². The van der Waals surface area contributed by atoms with Gasteiger partial charge < -0.3 is 20.3 Å². The number of thioether (sulfide) groups is 1. The molecule has 1 saturated carbocycles. The number of rotatable bonds is 12. The lowest BCUT2D eigenvalue weighted by Gasteiger charge is -2.44. The first-order chi connectivity index (χ1) is 17.4. The van der Waals surface area contributed by atoms with Gasteiger partial charge in [0.1, 0.15) is 17.7 Å². The first-order valence-corrected chi connectivity index (χ1v) is 15.0. The van der Waals surface area contributed by atoms with Crippen molar-refractivity contribution in [2.24, 2.45) is 0 Å². The third kappa shape index (κ3) is 9.24. The first kappa shape index (κ1) is 31.0. The van der Waals surface area contributed by atoms with Crippen LogP contribution in [0.25, 0.3) is 0 Å². The second kappa shape index (κ2) is 14.1. The largest absolute Gasteiger partial charge is 0.444 e. The lowest BCUT2D eigenvalue weighted by molar-refractivity contribution is -0.147. The molecule has 37 heavy (non-hydrogen) atoms. The summed E-state index contributed by atoms with van der Waals surface area (Å²) in [4.78, 5) is 42.6. The molecular weight excluding hydrogens is 486 g/mol. The van der Waals surface area contributed by atoms with Crippen molar-refractivity contribution in [2.75, 3.05) is 12.0 Å². The Hall–Kier alpha value is -2.22. The van der Waals surface area contributed by atoms with Crippen LogP contribution in [0, 0.1) is 13.8 Å². The van der Waals surface area contributed by atoms with E-state index in [4.69, 9.17) is 4.74 Å². The molecule has 3 atom stereocenters. The number of nitrogens with zero attached hydrogens (tertiary/aromatic N) is 1. The van der Waals surface area contributed by atoms with Crippen molar-refractivity contribution in [3.05, 3.63) is 34.9 Å². The minimum atomic E-state index is -0.781. The van der Waals surface area contributed by atoms with E-state index in [1.54, 1.807) is 37.4 Å². The van der Waals surface area contributed by atoms with E-state index in [0.29, 0.717) is 12.2 Å². The number of alkyl carbamates (subject to hydrolysis) is 1. The number of hydrogen-bond acceptors (Lipinski definition) is 5. The van der Waals surface area contributed by atoms with Gasteiger partial charge in [-0.2, -0.15) is 11.8 Å². The minimum absolute atomic E-state index is 0.00345. The molecule has 208 valence electrons. The minimum Gasteiger partial charge on any atom is -0.444 e. The Labute approximate surface area is 227 Å². The molecule has 8 heteroatoms. The van der Waals surface area contributed by atoms with E-state index in [1.165, 1.54) is 0 Å². The molecule has 1 aliphatic rings. The van der Waals surface area contributed by atoms with Gasteiger partial charge in [0.05, 0.1) is 0 Å². The van der Waals surface area contributed by atoms with Gasteiger partial charge in [-0.15, -0.1) is 0 Å². The molecule has 1 fully saturated rings. The quantitative estimate of drug-likeness (QED) is 0.361. The monoisotopic (exact) mass is 533 g/mol. The lowest BCUT2D eigenvalue weighted by atomic mass is 9.87. The smallest absolute Gasteiger partial charge is 0.408 e. The van der Waals surface area contributed by atoms with Crippen LogP contribution in [-0.2, 0) is 14.3 Å². The van der Waals surface area contributed by atoms with Crippen LogP contribution in [0.15, 0.2) is 18.2 Å². The van der Waals surface area contributed by atoms with E-state index in [2.05, 4.69) is 23.6 Å². The van der Waals surface area contributed by atoms with Crippen molar-refractivity contribution in [3.8, 4) is 0 Å². The number of carbonyl (C=O) groups excluding carboxylic acids is 3. The average Bonchev–Trinajstić information content (AvgIpc) is 2.74. The molecule has 1 aliphatic carbocycles. The van der Waals surface area contributed by atoms with Crippen LogP contribution in [0.1, 0.15) is 95.9 Å². The zero-order valence-electron chi connectivity index (χ0n) is 24.0. The number of nitrogens with one attached hydrogen (secondary N) is 2. The molecule has 0 saturated heterocycles. The number of amides is 3. The van der Waals surface area contributed by atoms with Gasteiger partial charge in [0.15, 0.2) is 0 Å². The highest BCUT2D eigenvalue weighted by atomic mass is 32.2. The molecule has 0 radical (unpaired) electrons. The predicted molar refractivity (Wildman–Crippen MR) is 152 cm³/mol. The maximum Gasteiger partial charge on any atom is 0.408 e. The summed E-state index contributed by atoms with van der Waals surface area (Å²) in [6.07, 6.45) is 6.31. The molecule has 0 aromatic heterocycles. The van der Waals surface area contributed by atoms with Crippen LogP contribution >= 0.6 is 11.8 Å². The van der Waals surface area contributed by atoms with Crippen molar-refractivity contribution in [2.45, 2.75) is 117 Å². The Morgan fingerprint density at radius 3 is 2.32 bits per heavy atom. The van der Waals surface area contributed by atoms with E-state index < -0.39 is 23.8 Å². The molecule has 3 unspecified atom stereocenters. The zero-order valence-corrected chi connectivity index (χ0v) is 24.8. The van der Waals surface area contributed by atoms with Crippen LogP contribution in [0.4, 0.5) is 4.79 Å². The standard InChI is InChI=1S/C29H47N3O4S/c1-9-11-21(4)30-26(33)25(23-15-14-19(2)18-20(23)3)32(22-12-10-13-22)27(34)24(16-17-37-8)31-28(35)36-29(5,6)7/h14-15,18,21-22,24-25H,9-13,16-17H2,1-8H3,(H,30,33)(H,31,35). The number of carbonyl (C=O) groups is 3. The van der Waals surface area contributed by atoms with E-state index in [1.807, 2.05) is 39.2 Å². The Kier molecular flexibility index (Phi) is 11.8. The second-order valence-corrected chi connectivity index (χ2v) is 12.3. The summed E-state index contributed by atoms with van der Waals surface area (Å²) in [6, 6.07) is 4.41. The van der Waals surface area contributed by atoms with Crippen molar-refractivity contribution in [1.29, 1.82) is 0 Å². The average molecular weight is 534 g/mol. The Bertz CT molecular complexity index is 926. The highest BCUT2D eigenvalue weighted by Crippen LogP contribution is 2.35. The van der Waals surface area contributed by atoms with Gasteiger partial charge in [0, 0.05) is 12.1 Å². The molecule has 7 nitrogen and oxygen atoms in total. The third-order valence-electron chi connectivity index (χ3n) is 6.68. The van der Waals surface area contributed by atoms with Gasteiger partial charge in [-0.05, 0) is 96.8 Å². The molecule has 0 heterocycles. The summed E-state index contributed by atoms with van der Waals surface area (Å²) in [6.45, 7) is 13.5. The van der Waals surface area contributed by atoms with Crippen LogP contribution in [0.2, 0.25) is 0 Å².